The molecule has 134 valence electrons. The number of anilines is 1. The van der Waals surface area contributed by atoms with E-state index in [1.54, 1.807) is 0 Å². The highest BCUT2D eigenvalue weighted by molar-refractivity contribution is 6.07. The van der Waals surface area contributed by atoms with E-state index in [-0.39, 0.29) is 23.8 Å². The fourth-order valence-corrected chi connectivity index (χ4v) is 5.38. The molecule has 5 nitrogen and oxygen atoms in total. The van der Waals surface area contributed by atoms with Crippen LogP contribution in [-0.2, 0) is 19.7 Å². The Labute approximate surface area is 148 Å². The molecule has 0 bridgehead atoms. The standard InChI is InChI=1S/C20H26N2O3/c1-3-13-12-22-9-8-20(17(22)10-14(13)11-18(23)25-2)15-6-4-5-7-16(15)21-19(20)24/h4-7,13-14,17H,3,8-12H2,1-2H3,(H,21,24)/t13-,14+,17-,20-/m0/s1. The minimum atomic E-state index is -0.455. The van der Waals surface area contributed by atoms with E-state index in [1.165, 1.54) is 7.11 Å². The highest BCUT2D eigenvalue weighted by atomic mass is 16.5. The number of fused-ring (bicyclic) bond motifs is 4. The zero-order chi connectivity index (χ0) is 17.6. The van der Waals surface area contributed by atoms with Crippen LogP contribution >= 0.6 is 0 Å². The SMILES string of the molecule is CC[C@H]1CN2CC[C@@]3(C(=O)Nc4ccccc43)[C@@H]2C[C@@H]1CC(=O)OC. The fraction of sp³-hybridized carbons (Fsp3) is 0.600. The maximum Gasteiger partial charge on any atom is 0.305 e. The zero-order valence-corrected chi connectivity index (χ0v) is 15.0. The molecule has 4 rings (SSSR count). The Bertz CT molecular complexity index is 704. The molecule has 25 heavy (non-hydrogen) atoms. The number of piperidine rings is 1. The van der Waals surface area contributed by atoms with Crippen molar-refractivity contribution in [1.29, 1.82) is 0 Å². The Balaban J connectivity index is 1.68. The van der Waals surface area contributed by atoms with Crippen LogP contribution in [0.1, 0.15) is 38.2 Å². The molecule has 0 aromatic heterocycles. The Morgan fingerprint density at radius 2 is 2.16 bits per heavy atom. The van der Waals surface area contributed by atoms with E-state index in [4.69, 9.17) is 4.74 Å². The highest BCUT2D eigenvalue weighted by Crippen LogP contribution is 2.52. The summed E-state index contributed by atoms with van der Waals surface area (Å²) in [4.78, 5) is 27.4. The quantitative estimate of drug-likeness (QED) is 0.858. The van der Waals surface area contributed by atoms with Gasteiger partial charge in [0.05, 0.1) is 12.5 Å². The predicted molar refractivity (Wildman–Crippen MR) is 95.2 cm³/mol. The molecule has 3 aliphatic heterocycles. The number of carbonyl (C=O) groups excluding carboxylic acids is 2. The van der Waals surface area contributed by atoms with Gasteiger partial charge in [-0.3, -0.25) is 14.5 Å². The van der Waals surface area contributed by atoms with Gasteiger partial charge in [-0.25, -0.2) is 0 Å². The first-order valence-corrected chi connectivity index (χ1v) is 9.32. The molecule has 2 saturated heterocycles. The normalized spacial score (nSPS) is 33.8. The topological polar surface area (TPSA) is 58.6 Å². The number of hydrogen-bond acceptors (Lipinski definition) is 4. The molecule has 0 saturated carbocycles. The summed E-state index contributed by atoms with van der Waals surface area (Å²) in [5.74, 6) is 0.771. The number of esters is 1. The van der Waals surface area contributed by atoms with Gasteiger partial charge in [0.1, 0.15) is 0 Å². The van der Waals surface area contributed by atoms with Crippen LogP contribution < -0.4 is 5.32 Å². The summed E-state index contributed by atoms with van der Waals surface area (Å²) >= 11 is 0. The summed E-state index contributed by atoms with van der Waals surface area (Å²) in [6, 6.07) is 8.26. The molecule has 1 N–H and O–H groups in total. The van der Waals surface area contributed by atoms with Crippen LogP contribution in [0.5, 0.6) is 0 Å². The van der Waals surface area contributed by atoms with E-state index in [1.807, 2.05) is 18.2 Å². The monoisotopic (exact) mass is 342 g/mol. The Morgan fingerprint density at radius 3 is 2.92 bits per heavy atom. The first-order chi connectivity index (χ1) is 12.1. The minimum Gasteiger partial charge on any atom is -0.469 e. The van der Waals surface area contributed by atoms with Crippen molar-refractivity contribution in [2.45, 2.75) is 44.1 Å². The number of benzene rings is 1. The molecular weight excluding hydrogens is 316 g/mol. The van der Waals surface area contributed by atoms with Crippen LogP contribution in [0.25, 0.3) is 0 Å². The summed E-state index contributed by atoms with van der Waals surface area (Å²) in [7, 11) is 1.45. The summed E-state index contributed by atoms with van der Waals surface area (Å²) in [5.41, 5.74) is 1.64. The van der Waals surface area contributed by atoms with E-state index >= 15 is 0 Å². The first kappa shape index (κ1) is 16.6. The van der Waals surface area contributed by atoms with Crippen LogP contribution in [0.2, 0.25) is 0 Å². The lowest BCUT2D eigenvalue weighted by Crippen LogP contribution is -2.53. The van der Waals surface area contributed by atoms with Gasteiger partial charge in [-0.1, -0.05) is 31.5 Å². The number of amides is 1. The lowest BCUT2D eigenvalue weighted by atomic mass is 9.68. The molecule has 3 aliphatic rings. The molecule has 0 aliphatic carbocycles. The molecule has 0 radical (unpaired) electrons. The van der Waals surface area contributed by atoms with E-state index in [9.17, 15) is 9.59 Å². The van der Waals surface area contributed by atoms with Crippen molar-refractivity contribution in [1.82, 2.24) is 4.90 Å². The predicted octanol–water partition coefficient (Wildman–Crippen LogP) is 2.56. The molecule has 5 heteroatoms. The van der Waals surface area contributed by atoms with E-state index in [2.05, 4.69) is 23.2 Å². The van der Waals surface area contributed by atoms with E-state index in [0.29, 0.717) is 12.3 Å². The molecular formula is C20H26N2O3. The minimum absolute atomic E-state index is 0.132. The van der Waals surface area contributed by atoms with Crippen LogP contribution in [0.4, 0.5) is 5.69 Å². The van der Waals surface area contributed by atoms with Crippen LogP contribution in [0.15, 0.2) is 24.3 Å². The largest absolute Gasteiger partial charge is 0.469 e. The van der Waals surface area contributed by atoms with Gasteiger partial charge in [-0.05, 0) is 42.9 Å². The Morgan fingerprint density at radius 1 is 1.36 bits per heavy atom. The number of rotatable bonds is 3. The Hall–Kier alpha value is -1.88. The maximum atomic E-state index is 13.0. The number of methoxy groups -OCH3 is 1. The number of ether oxygens (including phenoxy) is 1. The van der Waals surface area contributed by atoms with Crippen molar-refractivity contribution in [3.05, 3.63) is 29.8 Å². The average Bonchev–Trinajstić information content (AvgIpc) is 3.14. The number of carbonyl (C=O) groups is 2. The maximum absolute atomic E-state index is 13.0. The van der Waals surface area contributed by atoms with E-state index in [0.717, 1.165) is 43.6 Å². The zero-order valence-electron chi connectivity index (χ0n) is 15.0. The third-order valence-electron chi connectivity index (χ3n) is 6.71. The van der Waals surface area contributed by atoms with Crippen LogP contribution in [0.3, 0.4) is 0 Å². The number of nitrogens with zero attached hydrogens (tertiary/aromatic N) is 1. The van der Waals surface area contributed by atoms with Crippen LogP contribution in [0, 0.1) is 11.8 Å². The van der Waals surface area contributed by atoms with Gasteiger partial charge >= 0.3 is 5.97 Å². The van der Waals surface area contributed by atoms with Crippen LogP contribution in [-0.4, -0.2) is 43.0 Å². The van der Waals surface area contributed by atoms with Gasteiger partial charge in [0.2, 0.25) is 5.91 Å². The van der Waals surface area contributed by atoms with Crippen molar-refractivity contribution < 1.29 is 14.3 Å². The summed E-state index contributed by atoms with van der Waals surface area (Å²) in [6.07, 6.45) is 3.26. The first-order valence-electron chi connectivity index (χ1n) is 9.32. The van der Waals surface area contributed by atoms with Gasteiger partial charge in [-0.15, -0.1) is 0 Å². The van der Waals surface area contributed by atoms with Crippen molar-refractivity contribution in [2.24, 2.45) is 11.8 Å². The lowest BCUT2D eigenvalue weighted by molar-refractivity contribution is -0.143. The molecule has 0 unspecified atom stereocenters. The van der Waals surface area contributed by atoms with Crippen molar-refractivity contribution in [3.63, 3.8) is 0 Å². The lowest BCUT2D eigenvalue weighted by Gasteiger charge is -2.44. The van der Waals surface area contributed by atoms with Gasteiger partial charge in [-0.2, -0.15) is 0 Å². The number of hydrogen-bond donors (Lipinski definition) is 1. The van der Waals surface area contributed by atoms with Crippen molar-refractivity contribution >= 4 is 17.6 Å². The van der Waals surface area contributed by atoms with Crippen molar-refractivity contribution in [2.75, 3.05) is 25.5 Å². The molecule has 1 amide bonds. The van der Waals surface area contributed by atoms with Crippen molar-refractivity contribution in [3.8, 4) is 0 Å². The molecule has 3 heterocycles. The molecule has 2 fully saturated rings. The molecule has 1 spiro atoms. The second-order valence-corrected chi connectivity index (χ2v) is 7.68. The Kier molecular flexibility index (Phi) is 4.07. The van der Waals surface area contributed by atoms with Gasteiger partial charge in [0.25, 0.3) is 0 Å². The average molecular weight is 342 g/mol. The second kappa shape index (κ2) is 6.13. The summed E-state index contributed by atoms with van der Waals surface area (Å²) in [5, 5.41) is 3.10. The molecule has 1 aromatic rings. The number of para-hydroxylation sites is 1. The summed E-state index contributed by atoms with van der Waals surface area (Å²) in [6.45, 7) is 4.12. The van der Waals surface area contributed by atoms with Gasteiger partial charge < -0.3 is 10.1 Å². The third kappa shape index (κ3) is 2.40. The highest BCUT2D eigenvalue weighted by Gasteiger charge is 2.59. The molecule has 1 aromatic carbocycles. The second-order valence-electron chi connectivity index (χ2n) is 7.68. The third-order valence-corrected chi connectivity index (χ3v) is 6.71. The van der Waals surface area contributed by atoms with Gasteiger partial charge in [0.15, 0.2) is 0 Å². The van der Waals surface area contributed by atoms with E-state index < -0.39 is 5.41 Å². The molecule has 4 atom stereocenters. The number of nitrogens with one attached hydrogen (secondary N) is 1. The van der Waals surface area contributed by atoms with Gasteiger partial charge in [0, 0.05) is 24.7 Å². The smallest absolute Gasteiger partial charge is 0.305 e. The summed E-state index contributed by atoms with van der Waals surface area (Å²) < 4.78 is 4.92. The fourth-order valence-electron chi connectivity index (χ4n) is 5.38.